The van der Waals surface area contributed by atoms with Crippen LogP contribution in [-0.4, -0.2) is 11.1 Å². The molecule has 0 spiro atoms. The molecule has 2 fully saturated rings. The molecule has 92 valence electrons. The summed E-state index contributed by atoms with van der Waals surface area (Å²) in [5.41, 5.74) is 0.841. The first-order chi connectivity index (χ1) is 7.42. The number of rotatable bonds is 4. The standard InChI is InChI=1S/C14H24O2/c1-4-14-8-7-10(9-14)13(2,3)11(14)5-6-12(15)16/h10-11H,4-9H2,1-3H3,(H,15,16). The molecule has 2 rings (SSSR count). The van der Waals surface area contributed by atoms with Crippen LogP contribution in [0.5, 0.6) is 0 Å². The van der Waals surface area contributed by atoms with Gasteiger partial charge in [-0.1, -0.05) is 27.2 Å². The van der Waals surface area contributed by atoms with E-state index in [0.29, 0.717) is 23.2 Å². The third-order valence-corrected chi connectivity index (χ3v) is 5.68. The molecule has 2 aliphatic rings. The smallest absolute Gasteiger partial charge is 0.303 e. The summed E-state index contributed by atoms with van der Waals surface area (Å²) in [5.74, 6) is 0.830. The van der Waals surface area contributed by atoms with Crippen molar-refractivity contribution in [1.29, 1.82) is 0 Å². The number of carbonyl (C=O) groups is 1. The molecular weight excluding hydrogens is 200 g/mol. The predicted molar refractivity (Wildman–Crippen MR) is 64.2 cm³/mol. The number of hydrogen-bond donors (Lipinski definition) is 1. The topological polar surface area (TPSA) is 37.3 Å². The largest absolute Gasteiger partial charge is 0.481 e. The summed E-state index contributed by atoms with van der Waals surface area (Å²) in [4.78, 5) is 10.8. The van der Waals surface area contributed by atoms with Crippen molar-refractivity contribution in [1.82, 2.24) is 0 Å². The van der Waals surface area contributed by atoms with Gasteiger partial charge in [0.1, 0.15) is 0 Å². The van der Waals surface area contributed by atoms with Gasteiger partial charge < -0.3 is 5.11 Å². The molecule has 3 atom stereocenters. The van der Waals surface area contributed by atoms with Gasteiger partial charge in [0.05, 0.1) is 0 Å². The Morgan fingerprint density at radius 2 is 2.12 bits per heavy atom. The molecule has 1 N–H and O–H groups in total. The zero-order valence-corrected chi connectivity index (χ0v) is 10.8. The van der Waals surface area contributed by atoms with Gasteiger partial charge in [0.15, 0.2) is 0 Å². The maximum Gasteiger partial charge on any atom is 0.303 e. The first-order valence-corrected chi connectivity index (χ1v) is 6.64. The van der Waals surface area contributed by atoms with Crippen LogP contribution in [0.4, 0.5) is 0 Å². The highest BCUT2D eigenvalue weighted by atomic mass is 16.4. The van der Waals surface area contributed by atoms with Gasteiger partial charge in [-0.15, -0.1) is 0 Å². The first-order valence-electron chi connectivity index (χ1n) is 6.64. The summed E-state index contributed by atoms with van der Waals surface area (Å²) in [6.45, 7) is 7.01. The fourth-order valence-corrected chi connectivity index (χ4v) is 4.70. The molecule has 0 aliphatic heterocycles. The number of hydrogen-bond acceptors (Lipinski definition) is 1. The molecule has 0 radical (unpaired) electrons. The summed E-state index contributed by atoms with van der Waals surface area (Å²) in [7, 11) is 0. The van der Waals surface area contributed by atoms with Crippen LogP contribution in [0.15, 0.2) is 0 Å². The van der Waals surface area contributed by atoms with Gasteiger partial charge in [-0.25, -0.2) is 0 Å². The fourth-order valence-electron chi connectivity index (χ4n) is 4.70. The normalized spacial score (nSPS) is 40.2. The Morgan fingerprint density at radius 3 is 2.69 bits per heavy atom. The number of carboxylic acids is 1. The lowest BCUT2D eigenvalue weighted by Gasteiger charge is -2.44. The quantitative estimate of drug-likeness (QED) is 0.790. The molecule has 0 amide bonds. The van der Waals surface area contributed by atoms with E-state index in [1.807, 2.05) is 0 Å². The van der Waals surface area contributed by atoms with Gasteiger partial charge in [0.25, 0.3) is 0 Å². The van der Waals surface area contributed by atoms with Gasteiger partial charge >= 0.3 is 5.97 Å². The highest BCUT2D eigenvalue weighted by molar-refractivity contribution is 5.66. The van der Waals surface area contributed by atoms with Crippen LogP contribution >= 0.6 is 0 Å². The minimum Gasteiger partial charge on any atom is -0.481 e. The van der Waals surface area contributed by atoms with Crippen LogP contribution in [0.3, 0.4) is 0 Å². The van der Waals surface area contributed by atoms with Crippen LogP contribution in [-0.2, 0) is 4.79 Å². The molecule has 0 saturated heterocycles. The molecule has 2 bridgehead atoms. The van der Waals surface area contributed by atoms with Gasteiger partial charge in [-0.3, -0.25) is 4.79 Å². The second kappa shape index (κ2) is 3.75. The van der Waals surface area contributed by atoms with Crippen molar-refractivity contribution in [2.24, 2.45) is 22.7 Å². The summed E-state index contributed by atoms with van der Waals surface area (Å²) in [6, 6.07) is 0. The van der Waals surface area contributed by atoms with Crippen molar-refractivity contribution in [3.63, 3.8) is 0 Å². The van der Waals surface area contributed by atoms with E-state index < -0.39 is 5.97 Å². The zero-order chi connectivity index (χ0) is 12.0. The summed E-state index contributed by atoms with van der Waals surface area (Å²) < 4.78 is 0. The second-order valence-corrected chi connectivity index (χ2v) is 6.46. The van der Waals surface area contributed by atoms with Crippen molar-refractivity contribution in [2.75, 3.05) is 0 Å². The van der Waals surface area contributed by atoms with Crippen molar-refractivity contribution < 1.29 is 9.90 Å². The maximum absolute atomic E-state index is 10.8. The lowest BCUT2D eigenvalue weighted by Crippen LogP contribution is -2.36. The molecule has 2 nitrogen and oxygen atoms in total. The lowest BCUT2D eigenvalue weighted by molar-refractivity contribution is -0.137. The fraction of sp³-hybridized carbons (Fsp3) is 0.929. The monoisotopic (exact) mass is 224 g/mol. The lowest BCUT2D eigenvalue weighted by atomic mass is 9.61. The van der Waals surface area contributed by atoms with Crippen molar-refractivity contribution in [3.8, 4) is 0 Å². The van der Waals surface area contributed by atoms with Gasteiger partial charge in [0, 0.05) is 6.42 Å². The van der Waals surface area contributed by atoms with Crippen LogP contribution in [0.25, 0.3) is 0 Å². The Kier molecular flexibility index (Phi) is 2.80. The van der Waals surface area contributed by atoms with E-state index in [4.69, 9.17) is 5.11 Å². The predicted octanol–water partition coefficient (Wildman–Crippen LogP) is 3.70. The molecule has 0 heterocycles. The van der Waals surface area contributed by atoms with Gasteiger partial charge in [-0.05, 0) is 48.3 Å². The van der Waals surface area contributed by atoms with Gasteiger partial charge in [0.2, 0.25) is 0 Å². The average molecular weight is 224 g/mol. The van der Waals surface area contributed by atoms with Crippen LogP contribution < -0.4 is 0 Å². The van der Waals surface area contributed by atoms with E-state index in [0.717, 1.165) is 12.3 Å². The number of aliphatic carboxylic acids is 1. The molecule has 0 aromatic rings. The third-order valence-electron chi connectivity index (χ3n) is 5.68. The highest BCUT2D eigenvalue weighted by Crippen LogP contribution is 2.68. The van der Waals surface area contributed by atoms with E-state index in [2.05, 4.69) is 20.8 Å². The van der Waals surface area contributed by atoms with E-state index in [1.54, 1.807) is 0 Å². The summed E-state index contributed by atoms with van der Waals surface area (Å²) in [6.07, 6.45) is 6.51. The Bertz CT molecular complexity index is 295. The molecule has 2 aliphatic carbocycles. The molecule has 0 aromatic carbocycles. The molecule has 2 heteroatoms. The maximum atomic E-state index is 10.8. The minimum absolute atomic E-state index is 0.350. The SMILES string of the molecule is CCC12CCC(C1)C(C)(C)C2CCC(=O)O. The Labute approximate surface area is 98.4 Å². The van der Waals surface area contributed by atoms with Crippen LogP contribution in [0.2, 0.25) is 0 Å². The van der Waals surface area contributed by atoms with Crippen molar-refractivity contribution in [3.05, 3.63) is 0 Å². The third kappa shape index (κ3) is 1.57. The molecule has 16 heavy (non-hydrogen) atoms. The number of carboxylic acid groups (broad SMARTS) is 1. The van der Waals surface area contributed by atoms with Crippen LogP contribution in [0, 0.1) is 22.7 Å². The zero-order valence-electron chi connectivity index (χ0n) is 10.8. The molecule has 2 saturated carbocycles. The molecular formula is C14H24O2. The van der Waals surface area contributed by atoms with Crippen LogP contribution in [0.1, 0.15) is 59.3 Å². The first kappa shape index (κ1) is 11.9. The van der Waals surface area contributed by atoms with E-state index >= 15 is 0 Å². The number of fused-ring (bicyclic) bond motifs is 2. The van der Waals surface area contributed by atoms with Crippen molar-refractivity contribution >= 4 is 5.97 Å². The molecule has 0 aromatic heterocycles. The van der Waals surface area contributed by atoms with E-state index in [9.17, 15) is 4.79 Å². The minimum atomic E-state index is -0.634. The average Bonchev–Trinajstić information content (AvgIpc) is 2.70. The Hall–Kier alpha value is -0.530. The van der Waals surface area contributed by atoms with E-state index in [-0.39, 0.29) is 0 Å². The summed E-state index contributed by atoms with van der Waals surface area (Å²) in [5, 5.41) is 8.87. The van der Waals surface area contributed by atoms with E-state index in [1.165, 1.54) is 25.7 Å². The Morgan fingerprint density at radius 1 is 1.44 bits per heavy atom. The summed E-state index contributed by atoms with van der Waals surface area (Å²) >= 11 is 0. The Balaban J connectivity index is 2.16. The molecule has 3 unspecified atom stereocenters. The van der Waals surface area contributed by atoms with Gasteiger partial charge in [-0.2, -0.15) is 0 Å². The second-order valence-electron chi connectivity index (χ2n) is 6.46. The highest BCUT2D eigenvalue weighted by Gasteiger charge is 2.59. The van der Waals surface area contributed by atoms with Crippen molar-refractivity contribution in [2.45, 2.75) is 59.3 Å².